The minimum absolute atomic E-state index is 0.649. The van der Waals surface area contributed by atoms with Gasteiger partial charge in [-0.3, -0.25) is 0 Å². The summed E-state index contributed by atoms with van der Waals surface area (Å²) in [6.07, 6.45) is 30.2. The third-order valence-electron chi connectivity index (χ3n) is 19.7. The molecule has 0 radical (unpaired) electrons. The van der Waals surface area contributed by atoms with Gasteiger partial charge in [-0.1, -0.05) is 177 Å². The molecule has 0 unspecified atom stereocenters. The standard InChI is InChI=1S/C27H34N2O.C25H30N2.C20H23NO2.C20H23NO/c1-5-8-21-18-28(26-12-10-20(3)16-24(21)26)14-7-15-29-19-22(9-6-2)25-17-23(30-4)11-13-27(25)29;1-3-10-20-18-26(24-14-7-5-12-22(20)24)16-9-17-27-19-21(11-4-2)23-13-6-8-15-25(23)27;1-3-6-16-15-21(20-8-5-4-7-19(16)20)13-14-23-18-11-9-17(22-2)10-12-18;1-3-7-17-15-21(20-11-5-4-10-19(17)20)12-13-22-18-9-6-8-16(2)14-18/h10-13,16-19H,5-9,14-15H2,1-4H3;5-8,12-15,18-19H,3-4,9-11,16-17H2,1-2H3;4-5,7-12,15H,3,6,13-14H2,1-2H3;4-6,8-11,14-15H,3,7,12-13H2,1-2H3. The van der Waals surface area contributed by atoms with Gasteiger partial charge in [-0.2, -0.15) is 0 Å². The molecule has 14 rings (SSSR count). The summed E-state index contributed by atoms with van der Waals surface area (Å²) < 4.78 is 36.8. The molecular formula is C92H110N6O4. The van der Waals surface area contributed by atoms with E-state index >= 15 is 0 Å². The fraction of sp³-hybridized carbons (Fsp3) is 0.348. The third-order valence-corrected chi connectivity index (χ3v) is 19.7. The monoisotopic (exact) mass is 1360 g/mol. The second-order valence-corrected chi connectivity index (χ2v) is 27.5. The predicted molar refractivity (Wildman–Crippen MR) is 431 cm³/mol. The van der Waals surface area contributed by atoms with E-state index in [1.165, 1.54) is 136 Å². The molecule has 0 saturated carbocycles. The van der Waals surface area contributed by atoms with Crippen LogP contribution in [-0.2, 0) is 77.8 Å². The Morgan fingerprint density at radius 3 is 0.931 bits per heavy atom. The topological polar surface area (TPSA) is 66.5 Å². The molecule has 0 N–H and O–H groups in total. The lowest BCUT2D eigenvalue weighted by Crippen LogP contribution is -2.07. The molecule has 0 spiro atoms. The SMILES string of the molecule is CCCc1cn(CCCn2cc(CCC)c3cc(OC)ccc32)c2ccc(C)cc12.CCCc1cn(CCCn2cc(CCC)c3ccccc32)c2ccccc12.CCCc1cn(CCOc2ccc(OC)cc2)c2ccccc12.CCCc1cn(CCOc2cccc(C)c2)c2ccccc12. The van der Waals surface area contributed by atoms with Crippen molar-refractivity contribution in [1.82, 2.24) is 27.4 Å². The van der Waals surface area contributed by atoms with E-state index in [0.29, 0.717) is 13.2 Å². The Morgan fingerprint density at radius 1 is 0.255 bits per heavy atom. The highest BCUT2D eigenvalue weighted by atomic mass is 16.5. The summed E-state index contributed by atoms with van der Waals surface area (Å²) in [6, 6.07) is 64.2. The number of aryl methyl sites for hydroxylation is 12. The highest BCUT2D eigenvalue weighted by molar-refractivity contribution is 5.88. The summed E-state index contributed by atoms with van der Waals surface area (Å²) in [5.41, 5.74) is 19.4. The van der Waals surface area contributed by atoms with Crippen molar-refractivity contribution in [2.24, 2.45) is 0 Å². The van der Waals surface area contributed by atoms with Crippen molar-refractivity contribution >= 4 is 65.4 Å². The van der Waals surface area contributed by atoms with Crippen molar-refractivity contribution in [3.63, 3.8) is 0 Å². The quantitative estimate of drug-likeness (QED) is 0.0450. The molecule has 14 aromatic rings. The molecule has 10 nitrogen and oxygen atoms in total. The summed E-state index contributed by atoms with van der Waals surface area (Å²) in [7, 11) is 3.41. The van der Waals surface area contributed by atoms with Crippen LogP contribution in [0.1, 0.15) is 137 Å². The van der Waals surface area contributed by atoms with E-state index in [1.807, 2.05) is 36.4 Å². The normalized spacial score (nSPS) is 11.3. The first-order valence-electron chi connectivity index (χ1n) is 38.0. The lowest BCUT2D eigenvalue weighted by Gasteiger charge is -2.09. The molecule has 102 heavy (non-hydrogen) atoms. The van der Waals surface area contributed by atoms with Gasteiger partial charge in [0.15, 0.2) is 0 Å². The van der Waals surface area contributed by atoms with E-state index in [2.05, 4.69) is 266 Å². The van der Waals surface area contributed by atoms with Crippen molar-refractivity contribution in [2.45, 2.75) is 185 Å². The van der Waals surface area contributed by atoms with Crippen molar-refractivity contribution in [3.05, 3.63) is 264 Å². The maximum Gasteiger partial charge on any atom is 0.119 e. The first-order valence-corrected chi connectivity index (χ1v) is 38.0. The molecule has 0 bridgehead atoms. The van der Waals surface area contributed by atoms with E-state index in [9.17, 15) is 0 Å². The molecule has 6 aromatic heterocycles. The Labute approximate surface area is 607 Å². The van der Waals surface area contributed by atoms with Gasteiger partial charge in [0, 0.05) is 129 Å². The smallest absolute Gasteiger partial charge is 0.119 e. The van der Waals surface area contributed by atoms with E-state index < -0.39 is 0 Å². The minimum atomic E-state index is 0.649. The molecule has 6 heterocycles. The van der Waals surface area contributed by atoms with Crippen LogP contribution in [0, 0.1) is 13.8 Å². The number of nitrogens with zero attached hydrogens (tertiary/aromatic N) is 6. The van der Waals surface area contributed by atoms with Gasteiger partial charge < -0.3 is 46.4 Å². The number of benzene rings is 8. The van der Waals surface area contributed by atoms with E-state index in [-0.39, 0.29) is 0 Å². The van der Waals surface area contributed by atoms with Crippen LogP contribution in [0.15, 0.2) is 219 Å². The first kappa shape index (κ1) is 73.4. The number of para-hydroxylation sites is 4. The zero-order valence-electron chi connectivity index (χ0n) is 62.7. The number of ether oxygens (including phenoxy) is 4. The maximum atomic E-state index is 5.89. The fourth-order valence-corrected chi connectivity index (χ4v) is 14.9. The van der Waals surface area contributed by atoms with Crippen molar-refractivity contribution < 1.29 is 18.9 Å². The van der Waals surface area contributed by atoms with Crippen LogP contribution < -0.4 is 18.9 Å². The van der Waals surface area contributed by atoms with Crippen LogP contribution in [-0.4, -0.2) is 54.8 Å². The average molecular weight is 1360 g/mol. The van der Waals surface area contributed by atoms with Crippen LogP contribution in [0.5, 0.6) is 23.0 Å². The van der Waals surface area contributed by atoms with Gasteiger partial charge >= 0.3 is 0 Å². The Hall–Kier alpha value is -9.80. The zero-order chi connectivity index (χ0) is 71.2. The lowest BCUT2D eigenvalue weighted by atomic mass is 10.1. The molecule has 0 amide bonds. The van der Waals surface area contributed by atoms with Gasteiger partial charge in [-0.05, 0) is 195 Å². The molecule has 0 fully saturated rings. The predicted octanol–water partition coefficient (Wildman–Crippen LogP) is 23.2. The molecule has 0 saturated heterocycles. The van der Waals surface area contributed by atoms with Gasteiger partial charge in [0.05, 0.1) is 27.3 Å². The largest absolute Gasteiger partial charge is 0.497 e. The molecule has 532 valence electrons. The van der Waals surface area contributed by atoms with E-state index in [4.69, 9.17) is 18.9 Å². The van der Waals surface area contributed by atoms with Gasteiger partial charge in [0.2, 0.25) is 0 Å². The summed E-state index contributed by atoms with van der Waals surface area (Å²) in [5.74, 6) is 3.61. The number of aromatic nitrogens is 6. The first-order chi connectivity index (χ1) is 50.0. The number of methoxy groups -OCH3 is 2. The number of rotatable bonds is 30. The van der Waals surface area contributed by atoms with Crippen LogP contribution in [0.4, 0.5) is 0 Å². The highest BCUT2D eigenvalue weighted by Gasteiger charge is 2.15. The van der Waals surface area contributed by atoms with Crippen LogP contribution >= 0.6 is 0 Å². The molecule has 0 atom stereocenters. The summed E-state index contributed by atoms with van der Waals surface area (Å²) >= 11 is 0. The van der Waals surface area contributed by atoms with E-state index in [0.717, 1.165) is 126 Å². The summed E-state index contributed by atoms with van der Waals surface area (Å²) in [5, 5.41) is 8.36. The molecular weight excluding hydrogens is 1250 g/mol. The Balaban J connectivity index is 0.000000138. The second kappa shape index (κ2) is 36.7. The van der Waals surface area contributed by atoms with Crippen LogP contribution in [0.2, 0.25) is 0 Å². The number of hydrogen-bond donors (Lipinski definition) is 0. The summed E-state index contributed by atoms with van der Waals surface area (Å²) in [6.45, 7) is 25.0. The van der Waals surface area contributed by atoms with Gasteiger partial charge in [-0.15, -0.1) is 0 Å². The zero-order valence-corrected chi connectivity index (χ0v) is 62.7. The molecule has 0 aliphatic heterocycles. The number of hydrogen-bond acceptors (Lipinski definition) is 4. The fourth-order valence-electron chi connectivity index (χ4n) is 14.9. The van der Waals surface area contributed by atoms with Gasteiger partial charge in [-0.25, -0.2) is 0 Å². The molecule has 0 aliphatic rings. The third kappa shape index (κ3) is 18.3. The highest BCUT2D eigenvalue weighted by Crippen LogP contribution is 2.32. The van der Waals surface area contributed by atoms with Crippen LogP contribution in [0.3, 0.4) is 0 Å². The molecule has 10 heteroatoms. The summed E-state index contributed by atoms with van der Waals surface area (Å²) in [4.78, 5) is 0. The van der Waals surface area contributed by atoms with Crippen molar-refractivity contribution in [3.8, 4) is 23.0 Å². The van der Waals surface area contributed by atoms with Crippen molar-refractivity contribution in [2.75, 3.05) is 27.4 Å². The average Bonchev–Trinajstić information content (AvgIpc) is 1.68. The Morgan fingerprint density at radius 2 is 0.559 bits per heavy atom. The van der Waals surface area contributed by atoms with Crippen molar-refractivity contribution in [1.29, 1.82) is 0 Å². The van der Waals surface area contributed by atoms with Gasteiger partial charge in [0.25, 0.3) is 0 Å². The second-order valence-electron chi connectivity index (χ2n) is 27.5. The minimum Gasteiger partial charge on any atom is -0.497 e. The van der Waals surface area contributed by atoms with E-state index in [1.54, 1.807) is 14.2 Å². The molecule has 0 aliphatic carbocycles. The Kier molecular flexibility index (Phi) is 26.4. The van der Waals surface area contributed by atoms with Crippen LogP contribution in [0.25, 0.3) is 65.4 Å². The lowest BCUT2D eigenvalue weighted by molar-refractivity contribution is 0.299. The number of fused-ring (bicyclic) bond motifs is 6. The maximum absolute atomic E-state index is 5.89. The molecule has 8 aromatic carbocycles. The Bertz CT molecular complexity index is 4850. The van der Waals surface area contributed by atoms with Gasteiger partial charge in [0.1, 0.15) is 36.2 Å².